The van der Waals surface area contributed by atoms with E-state index in [0.717, 1.165) is 43.7 Å². The predicted octanol–water partition coefficient (Wildman–Crippen LogP) is 6.33. The molecular formula is C34H33ClF2N7O2SW-. The van der Waals surface area contributed by atoms with Crippen molar-refractivity contribution >= 4 is 60.7 Å². The second-order valence-electron chi connectivity index (χ2n) is 12.5. The Hall–Kier alpha value is -3.36. The summed E-state index contributed by atoms with van der Waals surface area (Å²) >= 11 is 7.79. The summed E-state index contributed by atoms with van der Waals surface area (Å²) in [6.07, 6.45) is 7.16. The number of anilines is 2. The molecule has 3 saturated heterocycles. The Balaban J connectivity index is 0.00000401. The number of carbonyl (C=O) groups excluding carboxylic acids is 1. The van der Waals surface area contributed by atoms with Crippen molar-refractivity contribution in [3.63, 3.8) is 0 Å². The van der Waals surface area contributed by atoms with Crippen LogP contribution in [0.2, 0.25) is 5.02 Å². The van der Waals surface area contributed by atoms with Crippen molar-refractivity contribution in [3.8, 4) is 23.2 Å². The molecule has 3 aliphatic heterocycles. The average Bonchev–Trinajstić information content (AvgIpc) is 3.82. The van der Waals surface area contributed by atoms with Gasteiger partial charge in [-0.05, 0) is 56.5 Å². The van der Waals surface area contributed by atoms with Gasteiger partial charge in [-0.1, -0.05) is 24.2 Å². The van der Waals surface area contributed by atoms with Gasteiger partial charge in [-0.2, -0.15) is 21.7 Å². The van der Waals surface area contributed by atoms with Gasteiger partial charge < -0.3 is 31.6 Å². The summed E-state index contributed by atoms with van der Waals surface area (Å²) < 4.78 is 38.3. The molecule has 0 bridgehead atoms. The normalized spacial score (nSPS) is 22.1. The molecule has 0 unspecified atom stereocenters. The van der Waals surface area contributed by atoms with Crippen LogP contribution in [0, 0.1) is 29.4 Å². The van der Waals surface area contributed by atoms with E-state index in [1.807, 2.05) is 24.9 Å². The summed E-state index contributed by atoms with van der Waals surface area (Å²) in [6, 6.07) is 5.94. The van der Waals surface area contributed by atoms with E-state index in [-0.39, 0.29) is 92.9 Å². The molecule has 14 heteroatoms. The van der Waals surface area contributed by atoms with Gasteiger partial charge in [0.05, 0.1) is 21.3 Å². The van der Waals surface area contributed by atoms with Crippen molar-refractivity contribution in [2.75, 3.05) is 43.9 Å². The fraction of sp³-hybridized carbons (Fsp3) is 0.382. The van der Waals surface area contributed by atoms with Crippen molar-refractivity contribution in [1.29, 1.82) is 5.26 Å². The Kier molecular flexibility index (Phi) is 9.46. The monoisotopic (exact) mass is 860 g/mol. The number of rotatable bonds is 7. The third-order valence-corrected chi connectivity index (χ3v) is 11.5. The fourth-order valence-electron chi connectivity index (χ4n) is 7.70. The Morgan fingerprint density at radius 1 is 1.38 bits per heavy atom. The van der Waals surface area contributed by atoms with Crippen LogP contribution in [0.4, 0.5) is 19.6 Å². The van der Waals surface area contributed by atoms with Gasteiger partial charge in [0, 0.05) is 62.6 Å². The molecule has 5 heterocycles. The standard InChI is InChI=1S/C34H33ClF2N7O2S.W/c1-4-25(45)44-14-9-24(18(44)2)42(3)32-20-15-22(35)27(19-7-8-23(36)30-26(19)21(16-38)31(39)47-30)28(37)29(20)40-33(41-32)46-17-34-10-5-12-43(34)13-6-11-34;/h4-5,7-8,15,18,24H,1,6,9-14,17,39H2,2-3H3;/q-1;/t18-,24-,34+;/m1./s1. The van der Waals surface area contributed by atoms with Crippen LogP contribution in [0.3, 0.4) is 0 Å². The number of nitrogens with zero attached hydrogens (tertiary/aromatic N) is 6. The van der Waals surface area contributed by atoms with Crippen LogP contribution in [0.25, 0.3) is 32.1 Å². The largest absolute Gasteiger partial charge is 0.462 e. The quantitative estimate of drug-likeness (QED) is 0.170. The van der Waals surface area contributed by atoms with Gasteiger partial charge >= 0.3 is 6.01 Å². The first-order chi connectivity index (χ1) is 22.6. The van der Waals surface area contributed by atoms with Gasteiger partial charge in [0.1, 0.15) is 34.8 Å². The van der Waals surface area contributed by atoms with Gasteiger partial charge in [0.15, 0.2) is 5.82 Å². The number of likely N-dealkylation sites (N-methyl/N-ethyl adjacent to an activating group) is 1. The van der Waals surface area contributed by atoms with Crippen molar-refractivity contribution < 1.29 is 39.4 Å². The molecule has 2 N–H and O–H groups in total. The molecule has 7 rings (SSSR count). The summed E-state index contributed by atoms with van der Waals surface area (Å²) in [6.45, 7) is 8.37. The predicted molar refractivity (Wildman–Crippen MR) is 181 cm³/mol. The van der Waals surface area contributed by atoms with Crippen LogP contribution >= 0.6 is 22.9 Å². The smallest absolute Gasteiger partial charge is 0.319 e. The third-order valence-electron chi connectivity index (χ3n) is 10.1. The molecule has 48 heavy (non-hydrogen) atoms. The summed E-state index contributed by atoms with van der Waals surface area (Å²) in [4.78, 5) is 28.1. The fourth-order valence-corrected chi connectivity index (χ4v) is 8.94. The molecule has 0 spiro atoms. The van der Waals surface area contributed by atoms with Gasteiger partial charge in [-0.3, -0.25) is 4.79 Å². The molecule has 4 aromatic rings. The second-order valence-corrected chi connectivity index (χ2v) is 14.0. The Morgan fingerprint density at radius 3 is 2.92 bits per heavy atom. The number of carbonyl (C=O) groups is 1. The molecule has 3 atom stereocenters. The Bertz CT molecular complexity index is 1990. The second kappa shape index (κ2) is 13.2. The number of nitriles is 1. The summed E-state index contributed by atoms with van der Waals surface area (Å²) in [5.41, 5.74) is 6.16. The number of halogens is 3. The van der Waals surface area contributed by atoms with Crippen LogP contribution in [0.1, 0.15) is 38.2 Å². The number of thiophene rings is 1. The van der Waals surface area contributed by atoms with Gasteiger partial charge in [-0.25, -0.2) is 8.78 Å². The maximum absolute atomic E-state index is 17.0. The van der Waals surface area contributed by atoms with Crippen LogP contribution < -0.4 is 15.4 Å². The number of nitrogen functional groups attached to an aromatic ring is 1. The number of aromatic nitrogens is 2. The zero-order valence-electron chi connectivity index (χ0n) is 26.4. The van der Waals surface area contributed by atoms with Crippen molar-refractivity contribution in [2.24, 2.45) is 0 Å². The van der Waals surface area contributed by atoms with E-state index in [0.29, 0.717) is 30.8 Å². The molecule has 2 aromatic heterocycles. The zero-order chi connectivity index (χ0) is 33.2. The van der Waals surface area contributed by atoms with Crippen molar-refractivity contribution in [1.82, 2.24) is 19.8 Å². The molecule has 250 valence electrons. The molecule has 2 aromatic carbocycles. The van der Waals surface area contributed by atoms with Gasteiger partial charge in [0.2, 0.25) is 5.91 Å². The molecule has 3 fully saturated rings. The Labute approximate surface area is 300 Å². The van der Waals surface area contributed by atoms with Crippen LogP contribution in [-0.2, 0) is 25.9 Å². The zero-order valence-corrected chi connectivity index (χ0v) is 30.9. The molecular weight excluding hydrogens is 828 g/mol. The Morgan fingerprint density at radius 2 is 2.17 bits per heavy atom. The van der Waals surface area contributed by atoms with E-state index >= 15 is 4.39 Å². The van der Waals surface area contributed by atoms with Crippen LogP contribution in [0.5, 0.6) is 6.01 Å². The van der Waals surface area contributed by atoms with E-state index < -0.39 is 11.6 Å². The SMILES string of the molecule is C=CC(=O)N1CC[C@@H](N(C)c2nc(OC[C@@]34C[CH-]CN3CCC4)nc3c(F)c(-c4ccc(F)c5sc(N)c(C#N)c45)c(Cl)cc23)[C@H]1C.[W]. The number of likely N-dealkylation sites (tertiary alicyclic amines) is 1. The summed E-state index contributed by atoms with van der Waals surface area (Å²) in [5.74, 6) is -1.08. The van der Waals surface area contributed by atoms with Crippen LogP contribution in [-0.4, -0.2) is 76.6 Å². The average molecular weight is 861 g/mol. The molecule has 0 saturated carbocycles. The minimum Gasteiger partial charge on any atom is -0.462 e. The van der Waals surface area contributed by atoms with Crippen molar-refractivity contribution in [3.05, 3.63) is 59.5 Å². The number of benzene rings is 2. The minimum atomic E-state index is -0.756. The minimum absolute atomic E-state index is 0. The van der Waals surface area contributed by atoms with Gasteiger partial charge in [0.25, 0.3) is 0 Å². The first kappa shape index (κ1) is 34.5. The van der Waals surface area contributed by atoms with E-state index in [4.69, 9.17) is 27.1 Å². The molecule has 0 aliphatic carbocycles. The van der Waals surface area contributed by atoms with Gasteiger partial charge in [-0.15, -0.1) is 17.9 Å². The summed E-state index contributed by atoms with van der Waals surface area (Å²) in [7, 11) is 1.86. The summed E-state index contributed by atoms with van der Waals surface area (Å²) in [5, 5.41) is 10.6. The van der Waals surface area contributed by atoms with E-state index in [2.05, 4.69) is 22.9 Å². The number of amides is 1. The number of hydrogen-bond acceptors (Lipinski definition) is 9. The number of hydrogen-bond donors (Lipinski definition) is 1. The topological polar surface area (TPSA) is 112 Å². The number of fused-ring (bicyclic) bond motifs is 3. The molecule has 0 radical (unpaired) electrons. The van der Waals surface area contributed by atoms with E-state index in [1.54, 1.807) is 11.0 Å². The van der Waals surface area contributed by atoms with E-state index in [1.165, 1.54) is 18.2 Å². The molecule has 3 aliphatic rings. The third kappa shape index (κ3) is 5.43. The maximum Gasteiger partial charge on any atom is 0.319 e. The molecule has 9 nitrogen and oxygen atoms in total. The first-order valence-electron chi connectivity index (χ1n) is 15.5. The molecule has 1 amide bonds. The number of nitrogens with two attached hydrogens (primary N) is 1. The van der Waals surface area contributed by atoms with E-state index in [9.17, 15) is 14.4 Å². The van der Waals surface area contributed by atoms with Crippen LogP contribution in [0.15, 0.2) is 30.9 Å². The van der Waals surface area contributed by atoms with Crippen molar-refractivity contribution in [2.45, 2.75) is 50.2 Å². The maximum atomic E-state index is 17.0. The first-order valence-corrected chi connectivity index (χ1v) is 16.7. The number of ether oxygens (including phenoxy) is 1.